The second kappa shape index (κ2) is 14.2. The number of benzene rings is 1. The van der Waals surface area contributed by atoms with E-state index in [1.54, 1.807) is 11.3 Å². The summed E-state index contributed by atoms with van der Waals surface area (Å²) < 4.78 is 12.2. The molecule has 3 atom stereocenters. The summed E-state index contributed by atoms with van der Waals surface area (Å²) >= 11 is 1.72. The Morgan fingerprint density at radius 1 is 1.23 bits per heavy atom. The largest absolute Gasteiger partial charge is 0.357 e. The van der Waals surface area contributed by atoms with Crippen LogP contribution in [-0.2, 0) is 30.2 Å². The van der Waals surface area contributed by atoms with Gasteiger partial charge >= 0.3 is 0 Å². The van der Waals surface area contributed by atoms with E-state index in [9.17, 15) is 4.21 Å². The first-order chi connectivity index (χ1) is 14.7. The van der Waals surface area contributed by atoms with Crippen LogP contribution in [-0.4, -0.2) is 38.7 Å². The molecule has 1 aliphatic rings. The van der Waals surface area contributed by atoms with Crippen LogP contribution in [0.4, 0.5) is 0 Å². The molecule has 31 heavy (non-hydrogen) atoms. The maximum atomic E-state index is 12.2. The van der Waals surface area contributed by atoms with Crippen LogP contribution in [0.2, 0.25) is 0 Å². The Kier molecular flexibility index (Phi) is 12.0. The summed E-state index contributed by atoms with van der Waals surface area (Å²) in [6, 6.07) is 10.9. The Bertz CT molecular complexity index is 828. The molecular formula is C23H35IN4OS2. The summed E-state index contributed by atoms with van der Waals surface area (Å²) in [4.78, 5) is 9.53. The highest BCUT2D eigenvalue weighted by atomic mass is 127. The van der Waals surface area contributed by atoms with E-state index in [0.717, 1.165) is 62.5 Å². The van der Waals surface area contributed by atoms with E-state index in [1.165, 1.54) is 10.6 Å². The zero-order chi connectivity index (χ0) is 21.2. The van der Waals surface area contributed by atoms with Gasteiger partial charge in [-0.05, 0) is 38.2 Å². The standard InChI is InChI=1S/C23H34N4OS2.HI/c1-3-24-23(27-19-11-8-12-21(15-19)30(28)4-2)25-16-20-17-29-22(26-20)14-13-18-9-6-5-7-10-18;/h5-7,9-10,17,19,21H,3-4,8,11-16H2,1-2H3,(H2,24,25,27);1H. The van der Waals surface area contributed by atoms with Crippen molar-refractivity contribution in [3.8, 4) is 0 Å². The number of thiazole rings is 1. The van der Waals surface area contributed by atoms with Gasteiger partial charge in [0.1, 0.15) is 0 Å². The van der Waals surface area contributed by atoms with Gasteiger partial charge in [0.15, 0.2) is 5.96 Å². The summed E-state index contributed by atoms with van der Waals surface area (Å²) in [7, 11) is -0.708. The first-order valence-corrected chi connectivity index (χ1v) is 13.3. The van der Waals surface area contributed by atoms with Crippen molar-refractivity contribution in [2.45, 2.75) is 70.2 Å². The van der Waals surface area contributed by atoms with Crippen molar-refractivity contribution in [2.75, 3.05) is 12.3 Å². The van der Waals surface area contributed by atoms with Gasteiger partial charge in [-0.1, -0.05) is 43.7 Å². The molecule has 1 heterocycles. The Labute approximate surface area is 210 Å². The Balaban J connectivity index is 0.00000341. The monoisotopic (exact) mass is 574 g/mol. The number of rotatable bonds is 9. The first kappa shape index (κ1) is 26.3. The Hall–Kier alpha value is -1.000. The minimum atomic E-state index is -0.708. The molecular weight excluding hydrogens is 539 g/mol. The molecule has 0 saturated heterocycles. The molecule has 2 aromatic rings. The molecule has 3 rings (SSSR count). The van der Waals surface area contributed by atoms with Gasteiger partial charge in [0.05, 0.1) is 17.2 Å². The molecule has 172 valence electrons. The minimum absolute atomic E-state index is 0. The van der Waals surface area contributed by atoms with Gasteiger partial charge in [0.25, 0.3) is 0 Å². The fourth-order valence-electron chi connectivity index (χ4n) is 3.86. The summed E-state index contributed by atoms with van der Waals surface area (Å²) in [5.41, 5.74) is 2.37. The van der Waals surface area contributed by atoms with Gasteiger partial charge in [-0.3, -0.25) is 4.21 Å². The van der Waals surface area contributed by atoms with Crippen molar-refractivity contribution in [1.29, 1.82) is 0 Å². The van der Waals surface area contributed by atoms with E-state index in [4.69, 9.17) is 9.98 Å². The SMILES string of the molecule is CCNC(=NCc1csc(CCc2ccccc2)n1)NC1CCCC(S(=O)CC)C1.I. The van der Waals surface area contributed by atoms with Crippen LogP contribution < -0.4 is 10.6 Å². The third-order valence-corrected chi connectivity index (χ3v) is 8.13. The zero-order valence-electron chi connectivity index (χ0n) is 18.5. The molecule has 2 N–H and O–H groups in total. The van der Waals surface area contributed by atoms with E-state index in [0.29, 0.717) is 17.8 Å². The number of guanidine groups is 1. The first-order valence-electron chi connectivity index (χ1n) is 11.1. The van der Waals surface area contributed by atoms with Crippen LogP contribution in [0.15, 0.2) is 40.7 Å². The Morgan fingerprint density at radius 3 is 2.77 bits per heavy atom. The lowest BCUT2D eigenvalue weighted by molar-refractivity contribution is 0.413. The van der Waals surface area contributed by atoms with Crippen molar-refractivity contribution in [3.05, 3.63) is 52.0 Å². The summed E-state index contributed by atoms with van der Waals surface area (Å²) in [6.45, 7) is 5.49. The molecule has 3 unspecified atom stereocenters. The van der Waals surface area contributed by atoms with Gasteiger partial charge in [-0.2, -0.15) is 0 Å². The molecule has 8 heteroatoms. The van der Waals surface area contributed by atoms with E-state index in [1.807, 2.05) is 6.92 Å². The van der Waals surface area contributed by atoms with Crippen LogP contribution in [0.25, 0.3) is 0 Å². The predicted molar refractivity (Wildman–Crippen MR) is 144 cm³/mol. The van der Waals surface area contributed by atoms with Crippen molar-refractivity contribution in [1.82, 2.24) is 15.6 Å². The van der Waals surface area contributed by atoms with Gasteiger partial charge in [-0.15, -0.1) is 35.3 Å². The highest BCUT2D eigenvalue weighted by Gasteiger charge is 2.26. The fraction of sp³-hybridized carbons (Fsp3) is 0.565. The second-order valence-electron chi connectivity index (χ2n) is 7.71. The maximum Gasteiger partial charge on any atom is 0.191 e. The Morgan fingerprint density at radius 2 is 2.03 bits per heavy atom. The second-order valence-corrected chi connectivity index (χ2v) is 10.7. The molecule has 1 saturated carbocycles. The average molecular weight is 575 g/mol. The molecule has 1 aliphatic carbocycles. The molecule has 0 aliphatic heterocycles. The maximum absolute atomic E-state index is 12.2. The normalized spacial score (nSPS) is 20.0. The quantitative estimate of drug-likeness (QED) is 0.259. The fourth-order valence-corrected chi connectivity index (χ4v) is 5.99. The summed E-state index contributed by atoms with van der Waals surface area (Å²) in [6.07, 6.45) is 6.27. The topological polar surface area (TPSA) is 66.4 Å². The van der Waals surface area contributed by atoms with Crippen molar-refractivity contribution < 1.29 is 4.21 Å². The predicted octanol–water partition coefficient (Wildman–Crippen LogP) is 4.68. The number of nitrogens with one attached hydrogen (secondary N) is 2. The zero-order valence-corrected chi connectivity index (χ0v) is 22.5. The number of aliphatic imine (C=N–C) groups is 1. The van der Waals surface area contributed by atoms with Crippen molar-refractivity contribution in [3.63, 3.8) is 0 Å². The van der Waals surface area contributed by atoms with Crippen LogP contribution in [0.5, 0.6) is 0 Å². The lowest BCUT2D eigenvalue weighted by Crippen LogP contribution is -2.46. The van der Waals surface area contributed by atoms with E-state index in [-0.39, 0.29) is 24.0 Å². The lowest BCUT2D eigenvalue weighted by Gasteiger charge is -2.30. The van der Waals surface area contributed by atoms with E-state index < -0.39 is 10.8 Å². The van der Waals surface area contributed by atoms with Gasteiger partial charge in [-0.25, -0.2) is 9.98 Å². The number of halogens is 1. The number of nitrogens with zero attached hydrogens (tertiary/aromatic N) is 2. The third-order valence-electron chi connectivity index (χ3n) is 5.44. The minimum Gasteiger partial charge on any atom is -0.357 e. The number of hydrogen-bond donors (Lipinski definition) is 2. The number of aryl methyl sites for hydroxylation is 2. The summed E-state index contributed by atoms with van der Waals surface area (Å²) in [5.74, 6) is 1.59. The highest BCUT2D eigenvalue weighted by Crippen LogP contribution is 2.23. The van der Waals surface area contributed by atoms with E-state index in [2.05, 4.69) is 53.3 Å². The molecule has 0 radical (unpaired) electrons. The highest BCUT2D eigenvalue weighted by molar-refractivity contribution is 14.0. The lowest BCUT2D eigenvalue weighted by atomic mass is 9.95. The molecule has 1 aromatic heterocycles. The van der Waals surface area contributed by atoms with Gasteiger partial charge in [0, 0.05) is 46.2 Å². The van der Waals surface area contributed by atoms with Gasteiger partial charge < -0.3 is 10.6 Å². The number of hydrogen-bond acceptors (Lipinski definition) is 4. The number of aromatic nitrogens is 1. The molecule has 5 nitrogen and oxygen atoms in total. The smallest absolute Gasteiger partial charge is 0.191 e. The van der Waals surface area contributed by atoms with Crippen LogP contribution in [0.3, 0.4) is 0 Å². The molecule has 1 aromatic carbocycles. The van der Waals surface area contributed by atoms with Gasteiger partial charge in [0.2, 0.25) is 0 Å². The average Bonchev–Trinajstić information content (AvgIpc) is 3.24. The van der Waals surface area contributed by atoms with Crippen LogP contribution in [0.1, 0.15) is 55.8 Å². The van der Waals surface area contributed by atoms with Crippen molar-refractivity contribution in [2.24, 2.45) is 4.99 Å². The summed E-state index contributed by atoms with van der Waals surface area (Å²) in [5, 5.41) is 10.5. The van der Waals surface area contributed by atoms with Crippen LogP contribution in [0, 0.1) is 0 Å². The van der Waals surface area contributed by atoms with Crippen molar-refractivity contribution >= 4 is 52.1 Å². The van der Waals surface area contributed by atoms with E-state index >= 15 is 0 Å². The molecule has 1 fully saturated rings. The molecule has 0 amide bonds. The molecule has 0 bridgehead atoms. The third kappa shape index (κ3) is 8.81. The molecule has 0 spiro atoms. The van der Waals surface area contributed by atoms with Crippen LogP contribution >= 0.6 is 35.3 Å².